The van der Waals surface area contributed by atoms with Gasteiger partial charge in [-0.15, -0.1) is 11.3 Å². The van der Waals surface area contributed by atoms with Crippen LogP contribution in [-0.2, 0) is 0 Å². The zero-order chi connectivity index (χ0) is 21.8. The van der Waals surface area contributed by atoms with Crippen LogP contribution in [0.1, 0.15) is 0 Å². The molecule has 0 saturated heterocycles. The van der Waals surface area contributed by atoms with Gasteiger partial charge in [-0.3, -0.25) is 0 Å². The van der Waals surface area contributed by atoms with Crippen molar-refractivity contribution in [2.45, 2.75) is 0 Å². The van der Waals surface area contributed by atoms with Crippen LogP contribution in [0.25, 0.3) is 53.2 Å². The van der Waals surface area contributed by atoms with Gasteiger partial charge in [0.25, 0.3) is 0 Å². The van der Waals surface area contributed by atoms with E-state index < -0.39 is 0 Å². The van der Waals surface area contributed by atoms with Crippen molar-refractivity contribution in [1.29, 1.82) is 0 Å². The van der Waals surface area contributed by atoms with Crippen LogP contribution in [0.3, 0.4) is 0 Å². The zero-order valence-corrected chi connectivity index (χ0v) is 18.5. The lowest BCUT2D eigenvalue weighted by Gasteiger charge is -2.13. The van der Waals surface area contributed by atoms with Crippen LogP contribution in [0, 0.1) is 0 Å². The van der Waals surface area contributed by atoms with Crippen molar-refractivity contribution in [3.05, 3.63) is 109 Å². The standard InChI is InChI=1S/C30H19NOS/c1-2-8-19(9-3-1)21-15-16-24-22-10-4-6-12-26(22)32-30(24)29(21)31-20-14-17-28-25(18-20)23-11-5-7-13-27(23)33-28/h1-18,31H. The normalized spacial score (nSPS) is 11.6. The van der Waals surface area contributed by atoms with Crippen molar-refractivity contribution < 1.29 is 4.42 Å². The summed E-state index contributed by atoms with van der Waals surface area (Å²) in [7, 11) is 0. The molecule has 5 aromatic carbocycles. The molecule has 0 aliphatic heterocycles. The molecule has 0 fully saturated rings. The first-order chi connectivity index (χ1) is 16.3. The number of thiophene rings is 1. The summed E-state index contributed by atoms with van der Waals surface area (Å²) >= 11 is 1.84. The number of para-hydroxylation sites is 1. The lowest BCUT2D eigenvalue weighted by molar-refractivity contribution is 0.670. The van der Waals surface area contributed by atoms with Crippen LogP contribution < -0.4 is 5.32 Å². The summed E-state index contributed by atoms with van der Waals surface area (Å²) in [6.07, 6.45) is 0. The smallest absolute Gasteiger partial charge is 0.159 e. The molecule has 2 nitrogen and oxygen atoms in total. The molecular formula is C30H19NOS. The maximum atomic E-state index is 6.40. The molecular weight excluding hydrogens is 422 g/mol. The summed E-state index contributed by atoms with van der Waals surface area (Å²) in [6, 6.07) is 38.3. The van der Waals surface area contributed by atoms with Gasteiger partial charge < -0.3 is 9.73 Å². The van der Waals surface area contributed by atoms with E-state index in [0.717, 1.165) is 44.4 Å². The lowest BCUT2D eigenvalue weighted by atomic mass is 10.0. The van der Waals surface area contributed by atoms with Gasteiger partial charge in [0, 0.05) is 42.2 Å². The van der Waals surface area contributed by atoms with E-state index in [9.17, 15) is 0 Å². The molecule has 7 rings (SSSR count). The number of furan rings is 1. The van der Waals surface area contributed by atoms with Gasteiger partial charge in [-0.2, -0.15) is 0 Å². The van der Waals surface area contributed by atoms with E-state index in [1.807, 2.05) is 29.5 Å². The van der Waals surface area contributed by atoms with Crippen molar-refractivity contribution >= 4 is 64.8 Å². The van der Waals surface area contributed by atoms with Crippen LogP contribution in [0.5, 0.6) is 0 Å². The third-order valence-corrected chi connectivity index (χ3v) is 7.43. The molecule has 2 aromatic heterocycles. The molecule has 0 atom stereocenters. The second-order valence-electron chi connectivity index (χ2n) is 8.26. The number of fused-ring (bicyclic) bond motifs is 6. The van der Waals surface area contributed by atoms with Gasteiger partial charge in [-0.05, 0) is 42.0 Å². The molecule has 0 spiro atoms. The van der Waals surface area contributed by atoms with E-state index in [2.05, 4.69) is 96.3 Å². The Labute approximate surface area is 194 Å². The fourth-order valence-electron chi connectivity index (χ4n) is 4.72. The number of rotatable bonds is 3. The monoisotopic (exact) mass is 441 g/mol. The second-order valence-corrected chi connectivity index (χ2v) is 9.35. The van der Waals surface area contributed by atoms with E-state index >= 15 is 0 Å². The van der Waals surface area contributed by atoms with Gasteiger partial charge in [0.05, 0.1) is 5.69 Å². The quantitative estimate of drug-likeness (QED) is 0.295. The van der Waals surface area contributed by atoms with Crippen LogP contribution in [-0.4, -0.2) is 0 Å². The van der Waals surface area contributed by atoms with Crippen LogP contribution in [0.2, 0.25) is 0 Å². The maximum absolute atomic E-state index is 6.40. The Kier molecular flexibility index (Phi) is 4.05. The molecule has 0 aliphatic rings. The second kappa shape index (κ2) is 7.22. The van der Waals surface area contributed by atoms with E-state index in [1.54, 1.807) is 0 Å². The third kappa shape index (κ3) is 2.94. The van der Waals surface area contributed by atoms with Gasteiger partial charge in [0.1, 0.15) is 5.58 Å². The fourth-order valence-corrected chi connectivity index (χ4v) is 5.81. The summed E-state index contributed by atoms with van der Waals surface area (Å²) in [6.45, 7) is 0. The lowest BCUT2D eigenvalue weighted by Crippen LogP contribution is -1.94. The van der Waals surface area contributed by atoms with E-state index in [4.69, 9.17) is 4.42 Å². The minimum atomic E-state index is 0.882. The number of anilines is 2. The SMILES string of the molecule is c1ccc(-c2ccc3c(oc4ccccc43)c2Nc2ccc3sc4ccccc4c3c2)cc1. The molecule has 1 N–H and O–H groups in total. The summed E-state index contributed by atoms with van der Waals surface area (Å²) in [5.74, 6) is 0. The minimum Gasteiger partial charge on any atom is -0.454 e. The van der Waals surface area contributed by atoms with Gasteiger partial charge >= 0.3 is 0 Å². The van der Waals surface area contributed by atoms with Crippen LogP contribution in [0.4, 0.5) is 11.4 Å². The summed E-state index contributed by atoms with van der Waals surface area (Å²) < 4.78 is 9.01. The average molecular weight is 442 g/mol. The van der Waals surface area contributed by atoms with Crippen LogP contribution >= 0.6 is 11.3 Å². The first kappa shape index (κ1) is 18.5. The molecule has 0 radical (unpaired) electrons. The Morgan fingerprint density at radius 2 is 1.33 bits per heavy atom. The van der Waals surface area contributed by atoms with Crippen molar-refractivity contribution in [2.24, 2.45) is 0 Å². The maximum Gasteiger partial charge on any atom is 0.159 e. The highest BCUT2D eigenvalue weighted by Crippen LogP contribution is 2.42. The summed E-state index contributed by atoms with van der Waals surface area (Å²) in [5, 5.41) is 8.56. The van der Waals surface area contributed by atoms with Gasteiger partial charge in [-0.1, -0.05) is 72.8 Å². The Bertz CT molecular complexity index is 1790. The molecule has 2 heterocycles. The topological polar surface area (TPSA) is 25.2 Å². The Balaban J connectivity index is 1.47. The van der Waals surface area contributed by atoms with Crippen molar-refractivity contribution in [2.75, 3.05) is 5.32 Å². The summed E-state index contributed by atoms with van der Waals surface area (Å²) in [5.41, 5.74) is 6.11. The molecule has 7 aromatic rings. The Hall–Kier alpha value is -4.08. The Morgan fingerprint density at radius 1 is 0.576 bits per heavy atom. The number of hydrogen-bond acceptors (Lipinski definition) is 3. The van der Waals surface area contributed by atoms with Crippen LogP contribution in [0.15, 0.2) is 114 Å². The van der Waals surface area contributed by atoms with Crippen molar-refractivity contribution in [3.8, 4) is 11.1 Å². The molecule has 3 heteroatoms. The van der Waals surface area contributed by atoms with Gasteiger partial charge in [0.2, 0.25) is 0 Å². The molecule has 0 amide bonds. The zero-order valence-electron chi connectivity index (χ0n) is 17.7. The predicted molar refractivity (Wildman–Crippen MR) is 142 cm³/mol. The highest BCUT2D eigenvalue weighted by atomic mass is 32.1. The summed E-state index contributed by atoms with van der Waals surface area (Å²) in [4.78, 5) is 0. The fraction of sp³-hybridized carbons (Fsp3) is 0. The van der Waals surface area contributed by atoms with Crippen molar-refractivity contribution in [1.82, 2.24) is 0 Å². The first-order valence-corrected chi connectivity index (χ1v) is 11.8. The molecule has 0 aliphatic carbocycles. The van der Waals surface area contributed by atoms with E-state index in [0.29, 0.717) is 0 Å². The van der Waals surface area contributed by atoms with Crippen molar-refractivity contribution in [3.63, 3.8) is 0 Å². The molecule has 0 bridgehead atoms. The molecule has 0 unspecified atom stereocenters. The van der Waals surface area contributed by atoms with Gasteiger partial charge in [-0.25, -0.2) is 0 Å². The predicted octanol–water partition coefficient (Wildman–Crippen LogP) is 9.36. The Morgan fingerprint density at radius 3 is 2.24 bits per heavy atom. The molecule has 33 heavy (non-hydrogen) atoms. The number of hydrogen-bond donors (Lipinski definition) is 1. The van der Waals surface area contributed by atoms with E-state index in [-0.39, 0.29) is 0 Å². The third-order valence-electron chi connectivity index (χ3n) is 6.28. The highest BCUT2D eigenvalue weighted by Gasteiger charge is 2.16. The number of nitrogens with one attached hydrogen (secondary N) is 1. The average Bonchev–Trinajstić information content (AvgIpc) is 3.43. The molecule has 156 valence electrons. The minimum absolute atomic E-state index is 0.882. The molecule has 0 saturated carbocycles. The highest BCUT2D eigenvalue weighted by molar-refractivity contribution is 7.25. The van der Waals surface area contributed by atoms with Gasteiger partial charge in [0.15, 0.2) is 5.58 Å². The number of benzene rings is 5. The largest absolute Gasteiger partial charge is 0.454 e. The first-order valence-electron chi connectivity index (χ1n) is 11.0. The van der Waals surface area contributed by atoms with E-state index in [1.165, 1.54) is 20.2 Å².